The SMILES string of the molecule is CC1(CC(=O)Cl)Oc2ccccc2S1. The first kappa shape index (κ1) is 9.87. The summed E-state index contributed by atoms with van der Waals surface area (Å²) in [5.74, 6) is 0.831. The molecule has 2 rings (SSSR count). The summed E-state index contributed by atoms with van der Waals surface area (Å²) >= 11 is 6.90. The quantitative estimate of drug-likeness (QED) is 0.728. The van der Waals surface area contributed by atoms with Crippen molar-refractivity contribution in [2.24, 2.45) is 0 Å². The van der Waals surface area contributed by atoms with Crippen LogP contribution in [0.5, 0.6) is 5.75 Å². The summed E-state index contributed by atoms with van der Waals surface area (Å²) in [5.41, 5.74) is 0. The molecular weight excluding hydrogens is 220 g/mol. The van der Waals surface area contributed by atoms with E-state index >= 15 is 0 Å². The summed E-state index contributed by atoms with van der Waals surface area (Å²) in [6, 6.07) is 7.73. The van der Waals surface area contributed by atoms with Gasteiger partial charge in [-0.1, -0.05) is 23.9 Å². The predicted molar refractivity (Wildman–Crippen MR) is 56.8 cm³/mol. The Morgan fingerprint density at radius 1 is 1.57 bits per heavy atom. The Bertz CT molecular complexity index is 353. The molecule has 1 unspecified atom stereocenters. The molecule has 0 spiro atoms. The maximum atomic E-state index is 10.8. The van der Waals surface area contributed by atoms with Gasteiger partial charge in [0, 0.05) is 0 Å². The fourth-order valence-corrected chi connectivity index (χ4v) is 2.92. The first-order valence-corrected chi connectivity index (χ1v) is 5.44. The van der Waals surface area contributed by atoms with E-state index in [0.717, 1.165) is 10.6 Å². The van der Waals surface area contributed by atoms with E-state index in [0.29, 0.717) is 0 Å². The second-order valence-electron chi connectivity index (χ2n) is 3.32. The number of halogens is 1. The van der Waals surface area contributed by atoms with E-state index in [4.69, 9.17) is 16.3 Å². The number of fused-ring (bicyclic) bond motifs is 1. The topological polar surface area (TPSA) is 26.3 Å². The third-order valence-electron chi connectivity index (χ3n) is 1.96. The Morgan fingerprint density at radius 3 is 2.93 bits per heavy atom. The minimum absolute atomic E-state index is 0.216. The fraction of sp³-hybridized carbons (Fsp3) is 0.300. The number of rotatable bonds is 2. The van der Waals surface area contributed by atoms with Crippen LogP contribution < -0.4 is 4.74 Å². The fourth-order valence-electron chi connectivity index (χ4n) is 1.43. The second kappa shape index (κ2) is 3.48. The normalized spacial score (nSPS) is 24.1. The van der Waals surface area contributed by atoms with E-state index in [1.165, 1.54) is 11.8 Å². The van der Waals surface area contributed by atoms with E-state index in [2.05, 4.69) is 0 Å². The molecule has 0 fully saturated rings. The van der Waals surface area contributed by atoms with Gasteiger partial charge < -0.3 is 4.74 Å². The van der Waals surface area contributed by atoms with Crippen LogP contribution in [0.1, 0.15) is 13.3 Å². The maximum absolute atomic E-state index is 10.8. The van der Waals surface area contributed by atoms with Crippen LogP contribution >= 0.6 is 23.4 Å². The highest BCUT2D eigenvalue weighted by atomic mass is 35.5. The summed E-state index contributed by atoms with van der Waals surface area (Å²) in [4.78, 5) is 11.4. The number of carbonyl (C=O) groups is 1. The molecule has 0 aromatic heterocycles. The minimum atomic E-state index is -0.539. The summed E-state index contributed by atoms with van der Waals surface area (Å²) in [7, 11) is 0. The van der Waals surface area contributed by atoms with Crippen molar-refractivity contribution in [3.8, 4) is 5.75 Å². The molecule has 0 saturated heterocycles. The third kappa shape index (κ3) is 1.88. The molecular formula is C10H9ClO2S. The highest BCUT2D eigenvalue weighted by molar-refractivity contribution is 8.00. The molecule has 1 aliphatic rings. The largest absolute Gasteiger partial charge is 0.475 e. The monoisotopic (exact) mass is 228 g/mol. The Hall–Kier alpha value is -0.670. The van der Waals surface area contributed by atoms with Crippen molar-refractivity contribution in [3.05, 3.63) is 24.3 Å². The molecule has 1 aromatic carbocycles. The Kier molecular flexibility index (Phi) is 2.45. The zero-order valence-corrected chi connectivity index (χ0v) is 9.19. The van der Waals surface area contributed by atoms with Crippen molar-refractivity contribution in [2.75, 3.05) is 0 Å². The van der Waals surface area contributed by atoms with Crippen molar-refractivity contribution >= 4 is 28.6 Å². The van der Waals surface area contributed by atoms with Crippen LogP contribution in [0.25, 0.3) is 0 Å². The van der Waals surface area contributed by atoms with Crippen molar-refractivity contribution in [2.45, 2.75) is 23.2 Å². The first-order valence-electron chi connectivity index (χ1n) is 4.24. The van der Waals surface area contributed by atoms with Gasteiger partial charge in [-0.25, -0.2) is 0 Å². The Morgan fingerprint density at radius 2 is 2.29 bits per heavy atom. The van der Waals surface area contributed by atoms with Crippen LogP contribution in [0.2, 0.25) is 0 Å². The second-order valence-corrected chi connectivity index (χ2v) is 5.25. The molecule has 4 heteroatoms. The van der Waals surface area contributed by atoms with Crippen LogP contribution in [0.4, 0.5) is 0 Å². The lowest BCUT2D eigenvalue weighted by Gasteiger charge is -2.20. The van der Waals surface area contributed by atoms with Gasteiger partial charge in [0.1, 0.15) is 5.75 Å². The Balaban J connectivity index is 2.21. The van der Waals surface area contributed by atoms with E-state index < -0.39 is 4.93 Å². The van der Waals surface area contributed by atoms with E-state index in [9.17, 15) is 4.79 Å². The summed E-state index contributed by atoms with van der Waals surface area (Å²) in [6.07, 6.45) is 0.216. The molecule has 0 bridgehead atoms. The molecule has 1 heterocycles. The number of hydrogen-bond acceptors (Lipinski definition) is 3. The van der Waals surface area contributed by atoms with Gasteiger partial charge in [0.2, 0.25) is 5.24 Å². The Labute approximate surface area is 91.6 Å². The molecule has 14 heavy (non-hydrogen) atoms. The highest BCUT2D eigenvalue weighted by Gasteiger charge is 2.37. The van der Waals surface area contributed by atoms with E-state index in [1.54, 1.807) is 0 Å². The molecule has 1 aliphatic heterocycles. The van der Waals surface area contributed by atoms with Crippen LogP contribution in [-0.2, 0) is 4.79 Å². The number of thioether (sulfide) groups is 1. The van der Waals surface area contributed by atoms with Gasteiger partial charge in [0.05, 0.1) is 11.3 Å². The van der Waals surface area contributed by atoms with Gasteiger partial charge in [-0.05, 0) is 30.7 Å². The van der Waals surface area contributed by atoms with Crippen LogP contribution in [0.15, 0.2) is 29.2 Å². The average molecular weight is 229 g/mol. The zero-order chi connectivity index (χ0) is 10.2. The molecule has 1 atom stereocenters. The zero-order valence-electron chi connectivity index (χ0n) is 7.62. The predicted octanol–water partition coefficient (Wildman–Crippen LogP) is 3.04. The maximum Gasteiger partial charge on any atom is 0.226 e. The number of para-hydroxylation sites is 1. The summed E-state index contributed by atoms with van der Waals surface area (Å²) in [5, 5.41) is -0.368. The van der Waals surface area contributed by atoms with Crippen LogP contribution in [-0.4, -0.2) is 10.2 Å². The van der Waals surface area contributed by atoms with Crippen molar-refractivity contribution in [3.63, 3.8) is 0 Å². The molecule has 2 nitrogen and oxygen atoms in total. The number of hydrogen-bond donors (Lipinski definition) is 0. The van der Waals surface area contributed by atoms with Gasteiger partial charge in [0.25, 0.3) is 0 Å². The first-order chi connectivity index (χ1) is 6.59. The average Bonchev–Trinajstić information content (AvgIpc) is 2.38. The van der Waals surface area contributed by atoms with Crippen molar-refractivity contribution in [1.82, 2.24) is 0 Å². The standard InChI is InChI=1S/C10H9ClO2S/c1-10(6-9(11)12)13-7-4-2-3-5-8(7)14-10/h2-5H,6H2,1H3. The van der Waals surface area contributed by atoms with Crippen LogP contribution in [0.3, 0.4) is 0 Å². The summed E-state index contributed by atoms with van der Waals surface area (Å²) in [6.45, 7) is 1.87. The molecule has 0 N–H and O–H groups in total. The molecule has 0 aliphatic carbocycles. The van der Waals surface area contributed by atoms with Gasteiger partial charge in [-0.3, -0.25) is 4.79 Å². The minimum Gasteiger partial charge on any atom is -0.475 e. The van der Waals surface area contributed by atoms with Crippen molar-refractivity contribution in [1.29, 1.82) is 0 Å². The number of benzene rings is 1. The van der Waals surface area contributed by atoms with Gasteiger partial charge in [-0.15, -0.1) is 0 Å². The molecule has 74 valence electrons. The third-order valence-corrected chi connectivity index (χ3v) is 3.31. The number of ether oxygens (including phenoxy) is 1. The molecule has 0 radical (unpaired) electrons. The van der Waals surface area contributed by atoms with Gasteiger partial charge in [-0.2, -0.15) is 0 Å². The highest BCUT2D eigenvalue weighted by Crippen LogP contribution is 2.48. The van der Waals surface area contributed by atoms with E-state index in [-0.39, 0.29) is 11.7 Å². The lowest BCUT2D eigenvalue weighted by atomic mass is 10.3. The summed E-state index contributed by atoms with van der Waals surface area (Å²) < 4.78 is 5.66. The van der Waals surface area contributed by atoms with Gasteiger partial charge in [0.15, 0.2) is 4.93 Å². The lowest BCUT2D eigenvalue weighted by Crippen LogP contribution is -2.26. The molecule has 1 aromatic rings. The smallest absolute Gasteiger partial charge is 0.226 e. The van der Waals surface area contributed by atoms with Crippen LogP contribution in [0, 0.1) is 0 Å². The molecule has 0 saturated carbocycles. The van der Waals surface area contributed by atoms with Gasteiger partial charge >= 0.3 is 0 Å². The number of carbonyl (C=O) groups excluding carboxylic acids is 1. The lowest BCUT2D eigenvalue weighted by molar-refractivity contribution is -0.113. The molecule has 0 amide bonds. The van der Waals surface area contributed by atoms with E-state index in [1.807, 2.05) is 31.2 Å². The van der Waals surface area contributed by atoms with Crippen molar-refractivity contribution < 1.29 is 9.53 Å².